The zero-order valence-electron chi connectivity index (χ0n) is 17.0. The maximum absolute atomic E-state index is 13.3. The molecule has 31 heavy (non-hydrogen) atoms. The summed E-state index contributed by atoms with van der Waals surface area (Å²) in [6, 6.07) is 22.2. The van der Waals surface area contributed by atoms with Crippen LogP contribution in [0.25, 0.3) is 0 Å². The number of rotatable bonds is 9. The highest BCUT2D eigenvalue weighted by Crippen LogP contribution is 2.27. The summed E-state index contributed by atoms with van der Waals surface area (Å²) >= 11 is 6.00. The largest absolute Gasteiger partial charge is 0.497 e. The van der Waals surface area contributed by atoms with E-state index in [9.17, 15) is 13.2 Å². The van der Waals surface area contributed by atoms with Gasteiger partial charge < -0.3 is 10.1 Å². The van der Waals surface area contributed by atoms with Crippen molar-refractivity contribution in [2.24, 2.45) is 0 Å². The maximum atomic E-state index is 13.3. The van der Waals surface area contributed by atoms with Crippen molar-refractivity contribution in [3.8, 4) is 5.75 Å². The van der Waals surface area contributed by atoms with Crippen LogP contribution in [0.1, 0.15) is 12.0 Å². The molecule has 0 fully saturated rings. The molecule has 0 radical (unpaired) electrons. The van der Waals surface area contributed by atoms with Crippen molar-refractivity contribution in [2.75, 3.05) is 18.0 Å². The fourth-order valence-electron chi connectivity index (χ4n) is 2.98. The molecule has 0 spiro atoms. The molecule has 3 aromatic rings. The standard InChI is InChI=1S/C23H23ClN2O4S/c1-30-21-12-10-20(11-13-21)26(31(28,29)22-9-5-8-19(24)16-22)15-14-23(27)25-17-18-6-3-2-4-7-18/h2-13,16H,14-15,17H2,1H3,(H,25,27). The number of carbonyl (C=O) groups excluding carboxylic acids is 1. The Bertz CT molecular complexity index is 1120. The molecule has 0 aliphatic heterocycles. The molecule has 0 atom stereocenters. The number of ether oxygens (including phenoxy) is 1. The summed E-state index contributed by atoms with van der Waals surface area (Å²) in [7, 11) is -2.40. The molecular formula is C23H23ClN2O4S. The maximum Gasteiger partial charge on any atom is 0.264 e. The van der Waals surface area contributed by atoms with Crippen molar-refractivity contribution in [2.45, 2.75) is 17.9 Å². The number of halogens is 1. The van der Waals surface area contributed by atoms with Gasteiger partial charge in [-0.15, -0.1) is 0 Å². The van der Waals surface area contributed by atoms with E-state index in [1.807, 2.05) is 30.3 Å². The number of methoxy groups -OCH3 is 1. The van der Waals surface area contributed by atoms with Crippen molar-refractivity contribution < 1.29 is 17.9 Å². The van der Waals surface area contributed by atoms with E-state index in [1.165, 1.54) is 23.5 Å². The third kappa shape index (κ3) is 5.99. The van der Waals surface area contributed by atoms with Gasteiger partial charge in [-0.2, -0.15) is 0 Å². The zero-order valence-corrected chi connectivity index (χ0v) is 18.6. The fraction of sp³-hybridized carbons (Fsp3) is 0.174. The smallest absolute Gasteiger partial charge is 0.264 e. The lowest BCUT2D eigenvalue weighted by molar-refractivity contribution is -0.121. The summed E-state index contributed by atoms with van der Waals surface area (Å²) < 4.78 is 33.0. The third-order valence-electron chi connectivity index (χ3n) is 4.62. The van der Waals surface area contributed by atoms with Gasteiger partial charge in [-0.05, 0) is 48.0 Å². The minimum atomic E-state index is -3.93. The van der Waals surface area contributed by atoms with Crippen LogP contribution in [-0.2, 0) is 21.4 Å². The number of anilines is 1. The lowest BCUT2D eigenvalue weighted by Crippen LogP contribution is -2.35. The van der Waals surface area contributed by atoms with Gasteiger partial charge in [0, 0.05) is 24.5 Å². The highest BCUT2D eigenvalue weighted by atomic mass is 35.5. The van der Waals surface area contributed by atoms with Crippen LogP contribution < -0.4 is 14.4 Å². The van der Waals surface area contributed by atoms with Gasteiger partial charge >= 0.3 is 0 Å². The molecule has 1 amide bonds. The molecule has 0 heterocycles. The topological polar surface area (TPSA) is 75.7 Å². The molecular weight excluding hydrogens is 436 g/mol. The normalized spacial score (nSPS) is 11.0. The molecule has 3 aromatic carbocycles. The first-order chi connectivity index (χ1) is 14.9. The van der Waals surface area contributed by atoms with Crippen molar-refractivity contribution in [3.63, 3.8) is 0 Å². The fourth-order valence-corrected chi connectivity index (χ4v) is 4.75. The molecule has 0 aromatic heterocycles. The van der Waals surface area contributed by atoms with E-state index >= 15 is 0 Å². The predicted molar refractivity (Wildman–Crippen MR) is 122 cm³/mol. The van der Waals surface area contributed by atoms with Crippen LogP contribution in [0.3, 0.4) is 0 Å². The van der Waals surface area contributed by atoms with E-state index in [-0.39, 0.29) is 23.8 Å². The molecule has 1 N–H and O–H groups in total. The van der Waals surface area contributed by atoms with Crippen LogP contribution in [-0.4, -0.2) is 28.0 Å². The average Bonchev–Trinajstić information content (AvgIpc) is 2.79. The van der Waals surface area contributed by atoms with Gasteiger partial charge in [0.2, 0.25) is 5.91 Å². The number of hydrogen-bond donors (Lipinski definition) is 1. The van der Waals surface area contributed by atoms with Gasteiger partial charge in [0.1, 0.15) is 5.75 Å². The minimum absolute atomic E-state index is 0.00133. The van der Waals surface area contributed by atoms with Crippen LogP contribution in [0.4, 0.5) is 5.69 Å². The van der Waals surface area contributed by atoms with Crippen LogP contribution in [0.2, 0.25) is 5.02 Å². The van der Waals surface area contributed by atoms with E-state index in [0.717, 1.165) is 5.56 Å². The third-order valence-corrected chi connectivity index (χ3v) is 6.68. The van der Waals surface area contributed by atoms with Gasteiger partial charge in [-0.1, -0.05) is 48.0 Å². The Hall–Kier alpha value is -3.03. The lowest BCUT2D eigenvalue weighted by Gasteiger charge is -2.24. The molecule has 6 nitrogen and oxygen atoms in total. The molecule has 0 aliphatic rings. The highest BCUT2D eigenvalue weighted by molar-refractivity contribution is 7.92. The Kier molecular flexibility index (Phi) is 7.55. The average molecular weight is 459 g/mol. The second-order valence-electron chi connectivity index (χ2n) is 6.74. The molecule has 0 saturated heterocycles. The second kappa shape index (κ2) is 10.3. The molecule has 162 valence electrons. The van der Waals surface area contributed by atoms with Gasteiger partial charge in [-0.3, -0.25) is 9.10 Å². The van der Waals surface area contributed by atoms with E-state index in [0.29, 0.717) is 23.0 Å². The number of benzene rings is 3. The summed E-state index contributed by atoms with van der Waals surface area (Å²) in [5, 5.41) is 3.14. The Balaban J connectivity index is 1.79. The summed E-state index contributed by atoms with van der Waals surface area (Å²) in [6.07, 6.45) is -0.00133. The quantitative estimate of drug-likeness (QED) is 0.520. The second-order valence-corrected chi connectivity index (χ2v) is 9.04. The van der Waals surface area contributed by atoms with Crippen LogP contribution in [0, 0.1) is 0 Å². The zero-order chi connectivity index (χ0) is 22.3. The number of amides is 1. The lowest BCUT2D eigenvalue weighted by atomic mass is 10.2. The molecule has 8 heteroatoms. The van der Waals surface area contributed by atoms with Crippen molar-refractivity contribution in [1.82, 2.24) is 5.32 Å². The predicted octanol–water partition coefficient (Wildman–Crippen LogP) is 4.25. The first-order valence-electron chi connectivity index (χ1n) is 9.63. The van der Waals surface area contributed by atoms with E-state index < -0.39 is 10.0 Å². The Labute approximate surface area is 187 Å². The Morgan fingerprint density at radius 2 is 1.71 bits per heavy atom. The van der Waals surface area contributed by atoms with E-state index in [2.05, 4.69) is 5.32 Å². The number of sulfonamides is 1. The summed E-state index contributed by atoms with van der Waals surface area (Å²) in [5.41, 5.74) is 1.39. The Morgan fingerprint density at radius 1 is 1.00 bits per heavy atom. The van der Waals surface area contributed by atoms with Crippen molar-refractivity contribution >= 4 is 33.2 Å². The number of nitrogens with one attached hydrogen (secondary N) is 1. The number of hydrogen-bond acceptors (Lipinski definition) is 4. The molecule has 0 saturated carbocycles. The van der Waals surface area contributed by atoms with Gasteiger partial charge in [0.05, 0.1) is 17.7 Å². The SMILES string of the molecule is COc1ccc(N(CCC(=O)NCc2ccccc2)S(=O)(=O)c2cccc(Cl)c2)cc1. The highest BCUT2D eigenvalue weighted by Gasteiger charge is 2.26. The van der Waals surface area contributed by atoms with E-state index in [4.69, 9.17) is 16.3 Å². The van der Waals surface area contributed by atoms with Gasteiger partial charge in [-0.25, -0.2) is 8.42 Å². The summed E-state index contributed by atoms with van der Waals surface area (Å²) in [6.45, 7) is 0.352. The van der Waals surface area contributed by atoms with Crippen molar-refractivity contribution in [1.29, 1.82) is 0 Å². The molecule has 0 aliphatic carbocycles. The summed E-state index contributed by atoms with van der Waals surface area (Å²) in [4.78, 5) is 12.5. The number of carbonyl (C=O) groups is 1. The first-order valence-corrected chi connectivity index (χ1v) is 11.4. The summed E-state index contributed by atoms with van der Waals surface area (Å²) in [5.74, 6) is 0.355. The Morgan fingerprint density at radius 3 is 2.35 bits per heavy atom. The minimum Gasteiger partial charge on any atom is -0.497 e. The van der Waals surface area contributed by atoms with Gasteiger partial charge in [0.15, 0.2) is 0 Å². The van der Waals surface area contributed by atoms with Crippen LogP contribution in [0.15, 0.2) is 83.8 Å². The number of nitrogens with zero attached hydrogens (tertiary/aromatic N) is 1. The van der Waals surface area contributed by atoms with Crippen LogP contribution in [0.5, 0.6) is 5.75 Å². The molecule has 3 rings (SSSR count). The van der Waals surface area contributed by atoms with Gasteiger partial charge in [0.25, 0.3) is 10.0 Å². The van der Waals surface area contributed by atoms with Crippen LogP contribution >= 0.6 is 11.6 Å². The molecule has 0 unspecified atom stereocenters. The van der Waals surface area contributed by atoms with Crippen molar-refractivity contribution in [3.05, 3.63) is 89.4 Å². The first kappa shape index (κ1) is 22.7. The molecule has 0 bridgehead atoms. The monoisotopic (exact) mass is 458 g/mol. The van der Waals surface area contributed by atoms with E-state index in [1.54, 1.807) is 36.4 Å².